The van der Waals surface area contributed by atoms with Crippen molar-refractivity contribution in [2.45, 2.75) is 0 Å². The molecule has 2 aromatic heterocycles. The molecule has 0 bridgehead atoms. The Labute approximate surface area is 252 Å². The average Bonchev–Trinajstić information content (AvgIpc) is 3.56. The summed E-state index contributed by atoms with van der Waals surface area (Å²) in [6.45, 7) is 7.49. The summed E-state index contributed by atoms with van der Waals surface area (Å²) in [6.07, 6.45) is 0. The molecule has 44 heavy (non-hydrogen) atoms. The number of pyridine rings is 1. The van der Waals surface area contributed by atoms with Gasteiger partial charge in [-0.05, 0) is 59.7 Å². The predicted molar refractivity (Wildman–Crippen MR) is 173 cm³/mol. The van der Waals surface area contributed by atoms with Crippen LogP contribution < -0.4 is 4.90 Å². The van der Waals surface area contributed by atoms with Gasteiger partial charge in [-0.3, -0.25) is 9.59 Å². The average molecular weight is 567 g/mol. The molecule has 2 amide bonds. The molecule has 0 saturated carbocycles. The second-order valence-electron chi connectivity index (χ2n) is 10.6. The monoisotopic (exact) mass is 566 g/mol. The second kappa shape index (κ2) is 9.90. The molecule has 7 aromatic rings. The summed E-state index contributed by atoms with van der Waals surface area (Å²) in [5, 5.41) is 1.99. The number of hydrogen-bond donors (Lipinski definition) is 0. The number of amides is 2. The molecule has 0 saturated heterocycles. The van der Waals surface area contributed by atoms with Crippen molar-refractivity contribution in [1.82, 2.24) is 9.55 Å². The van der Waals surface area contributed by atoms with Crippen LogP contribution in [0.1, 0.15) is 20.7 Å². The highest BCUT2D eigenvalue weighted by atomic mass is 16.2. The summed E-state index contributed by atoms with van der Waals surface area (Å²) in [5.74, 6) is -0.427. The third kappa shape index (κ3) is 3.77. The number of carbonyl (C=O) groups excluding carboxylic acids is 2. The van der Waals surface area contributed by atoms with E-state index in [1.807, 2.05) is 109 Å². The van der Waals surface area contributed by atoms with E-state index in [1.54, 1.807) is 18.2 Å². The molecule has 0 unspecified atom stereocenters. The van der Waals surface area contributed by atoms with Gasteiger partial charge >= 0.3 is 0 Å². The number of anilines is 1. The fourth-order valence-electron chi connectivity index (χ4n) is 6.25. The second-order valence-corrected chi connectivity index (χ2v) is 10.6. The molecule has 1 aliphatic rings. The Hall–Kier alpha value is -6.32. The van der Waals surface area contributed by atoms with Crippen molar-refractivity contribution >= 4 is 45.1 Å². The number of hydrogen-bond acceptors (Lipinski definition) is 3. The molecule has 1 aliphatic heterocycles. The summed E-state index contributed by atoms with van der Waals surface area (Å²) >= 11 is 0. The number of nitrogens with zero attached hydrogens (tertiary/aromatic N) is 4. The van der Waals surface area contributed by atoms with Crippen LogP contribution in [0.5, 0.6) is 0 Å². The van der Waals surface area contributed by atoms with Crippen LogP contribution >= 0.6 is 0 Å². The fourth-order valence-corrected chi connectivity index (χ4v) is 6.25. The highest BCUT2D eigenvalue weighted by Gasteiger charge is 2.39. The Kier molecular flexibility index (Phi) is 5.71. The maximum Gasteiger partial charge on any atom is 0.270 e. The number of aromatic nitrogens is 2. The Bertz CT molecular complexity index is 2350. The van der Waals surface area contributed by atoms with E-state index in [1.165, 1.54) is 4.90 Å². The zero-order valence-corrected chi connectivity index (χ0v) is 23.3. The number of rotatable bonds is 4. The number of imide groups is 1. The van der Waals surface area contributed by atoms with Gasteiger partial charge in [0.1, 0.15) is 0 Å². The Morgan fingerprint density at radius 3 is 2.18 bits per heavy atom. The van der Waals surface area contributed by atoms with E-state index in [9.17, 15) is 9.59 Å². The van der Waals surface area contributed by atoms with Crippen molar-refractivity contribution in [3.63, 3.8) is 0 Å². The predicted octanol–water partition coefficient (Wildman–Crippen LogP) is 8.86. The molecule has 0 aliphatic carbocycles. The molecule has 0 spiro atoms. The molecular formula is C38H22N4O2. The first-order chi connectivity index (χ1) is 21.6. The molecule has 206 valence electrons. The van der Waals surface area contributed by atoms with E-state index >= 15 is 0 Å². The van der Waals surface area contributed by atoms with Gasteiger partial charge < -0.3 is 9.41 Å². The lowest BCUT2D eigenvalue weighted by atomic mass is 10.0. The number of benzene rings is 5. The van der Waals surface area contributed by atoms with Gasteiger partial charge in [0.15, 0.2) is 5.69 Å². The Morgan fingerprint density at radius 2 is 1.32 bits per heavy atom. The lowest BCUT2D eigenvalue weighted by molar-refractivity contribution is 0.0926. The third-order valence-electron chi connectivity index (χ3n) is 8.16. The number of fused-ring (bicyclic) bond motifs is 4. The Balaban J connectivity index is 1.36. The zero-order chi connectivity index (χ0) is 29.8. The van der Waals surface area contributed by atoms with Crippen LogP contribution in [-0.2, 0) is 0 Å². The van der Waals surface area contributed by atoms with Crippen molar-refractivity contribution in [1.29, 1.82) is 0 Å². The van der Waals surface area contributed by atoms with Gasteiger partial charge in [0.2, 0.25) is 0 Å². The fraction of sp³-hybridized carbons (Fsp3) is 0. The summed E-state index contributed by atoms with van der Waals surface area (Å²) < 4.78 is 2.06. The third-order valence-corrected chi connectivity index (χ3v) is 8.16. The molecule has 6 heteroatoms. The summed E-state index contributed by atoms with van der Waals surface area (Å²) in [7, 11) is 0. The van der Waals surface area contributed by atoms with E-state index in [2.05, 4.69) is 20.5 Å². The minimum Gasteiger partial charge on any atom is -0.361 e. The molecule has 0 fully saturated rings. The van der Waals surface area contributed by atoms with Crippen LogP contribution in [0.25, 0.3) is 54.7 Å². The minimum absolute atomic E-state index is 0.303. The molecule has 3 heterocycles. The highest BCUT2D eigenvalue weighted by molar-refractivity contribution is 6.36. The Morgan fingerprint density at radius 1 is 0.614 bits per heavy atom. The lowest BCUT2D eigenvalue weighted by Gasteiger charge is -2.16. The van der Waals surface area contributed by atoms with E-state index in [0.29, 0.717) is 34.0 Å². The van der Waals surface area contributed by atoms with Crippen LogP contribution in [0.2, 0.25) is 0 Å². The van der Waals surface area contributed by atoms with Gasteiger partial charge in [0.25, 0.3) is 17.6 Å². The highest BCUT2D eigenvalue weighted by Crippen LogP contribution is 2.41. The lowest BCUT2D eigenvalue weighted by Crippen LogP contribution is -2.29. The van der Waals surface area contributed by atoms with Gasteiger partial charge in [0.05, 0.1) is 33.5 Å². The normalized spacial score (nSPS) is 12.6. The van der Waals surface area contributed by atoms with Crippen LogP contribution in [0.15, 0.2) is 133 Å². The summed E-state index contributed by atoms with van der Waals surface area (Å²) in [5.41, 5.74) is 6.98. The maximum absolute atomic E-state index is 14.3. The largest absolute Gasteiger partial charge is 0.361 e. The van der Waals surface area contributed by atoms with E-state index in [4.69, 9.17) is 6.57 Å². The minimum atomic E-state index is -0.373. The van der Waals surface area contributed by atoms with E-state index < -0.39 is 0 Å². The van der Waals surface area contributed by atoms with Gasteiger partial charge in [-0.15, -0.1) is 4.98 Å². The quantitative estimate of drug-likeness (QED) is 0.158. The summed E-state index contributed by atoms with van der Waals surface area (Å²) in [6, 6.07) is 42.2. The van der Waals surface area contributed by atoms with Crippen LogP contribution in [-0.4, -0.2) is 21.4 Å². The van der Waals surface area contributed by atoms with Gasteiger partial charge in [-0.1, -0.05) is 91.5 Å². The first kappa shape index (κ1) is 25.4. The SMILES string of the molecule is [C-]#[N+]c1cccc(-c2cccc3c4ccccc4n(-c4cccc5c4C(=O)N(c4cccc(-c6ccccc6)c4)C5=O)c23)n1. The molecule has 0 radical (unpaired) electrons. The van der Waals surface area contributed by atoms with Crippen molar-refractivity contribution in [3.8, 4) is 28.1 Å². The smallest absolute Gasteiger partial charge is 0.270 e. The van der Waals surface area contributed by atoms with Crippen molar-refractivity contribution in [2.24, 2.45) is 0 Å². The molecular weight excluding hydrogens is 544 g/mol. The molecule has 8 rings (SSSR count). The van der Waals surface area contributed by atoms with Crippen molar-refractivity contribution in [3.05, 3.63) is 156 Å². The van der Waals surface area contributed by atoms with Crippen LogP contribution in [0.4, 0.5) is 11.5 Å². The van der Waals surface area contributed by atoms with Crippen LogP contribution in [0, 0.1) is 6.57 Å². The van der Waals surface area contributed by atoms with E-state index in [-0.39, 0.29) is 11.8 Å². The molecule has 0 atom stereocenters. The summed E-state index contributed by atoms with van der Waals surface area (Å²) in [4.78, 5) is 37.7. The zero-order valence-electron chi connectivity index (χ0n) is 23.3. The van der Waals surface area contributed by atoms with Gasteiger partial charge in [0, 0.05) is 16.3 Å². The topological polar surface area (TPSA) is 59.6 Å². The van der Waals surface area contributed by atoms with E-state index in [0.717, 1.165) is 38.5 Å². The maximum atomic E-state index is 14.3. The van der Waals surface area contributed by atoms with Crippen molar-refractivity contribution < 1.29 is 9.59 Å². The standard InChI is InChI=1S/C38H22N4O2/c1-39-34-22-10-19-31(40-34)29-17-8-16-28-27-15-5-6-20-32(27)42(36(28)29)33-21-9-18-30-35(33)38(44)41(37(30)43)26-14-7-13-25(23-26)24-11-3-2-4-12-24/h2-23H. The molecule has 6 nitrogen and oxygen atoms in total. The van der Waals surface area contributed by atoms with Crippen molar-refractivity contribution in [2.75, 3.05) is 4.90 Å². The number of para-hydroxylation sites is 2. The first-order valence-electron chi connectivity index (χ1n) is 14.2. The molecule has 5 aromatic carbocycles. The first-order valence-corrected chi connectivity index (χ1v) is 14.2. The van der Waals surface area contributed by atoms with Crippen LogP contribution in [0.3, 0.4) is 0 Å². The van der Waals surface area contributed by atoms with Gasteiger partial charge in [-0.25, -0.2) is 4.90 Å². The molecule has 0 N–H and O–H groups in total. The number of carbonyl (C=O) groups is 2. The van der Waals surface area contributed by atoms with Gasteiger partial charge in [-0.2, -0.15) is 0 Å².